The van der Waals surface area contributed by atoms with Crippen LogP contribution in [0.2, 0.25) is 0 Å². The molecule has 0 radical (unpaired) electrons. The molecule has 1 aromatic rings. The average molecular weight is 562 g/mol. The van der Waals surface area contributed by atoms with Gasteiger partial charge >= 0.3 is 11.9 Å². The summed E-state index contributed by atoms with van der Waals surface area (Å²) in [6, 6.07) is 0. The molecular weight excluding hydrogens is 552 g/mol. The van der Waals surface area contributed by atoms with Gasteiger partial charge in [-0.15, -0.1) is 0 Å². The van der Waals surface area contributed by atoms with E-state index < -0.39 is 11.9 Å². The minimum atomic E-state index is -0.482. The Hall–Kier alpha value is -0.440. The number of methoxy groups -OCH3 is 2. The smallest absolute Gasteiger partial charge is 0.330 e. The molecule has 0 aliphatic carbocycles. The fourth-order valence-corrected chi connectivity index (χ4v) is 3.87. The lowest BCUT2D eigenvalue weighted by molar-refractivity contribution is -0.135. The molecule has 0 fully saturated rings. The number of hydrogen-bond donors (Lipinski definition) is 0. The van der Waals surface area contributed by atoms with E-state index in [1.54, 1.807) is 12.2 Å². The van der Waals surface area contributed by atoms with Gasteiger partial charge < -0.3 is 9.47 Å². The largest absolute Gasteiger partial charge is 0.466 e. The van der Waals surface area contributed by atoms with Gasteiger partial charge in [-0.2, -0.15) is 0 Å². The van der Waals surface area contributed by atoms with E-state index in [0.717, 1.165) is 8.95 Å². The van der Waals surface area contributed by atoms with Gasteiger partial charge in [-0.05, 0) is 87.0 Å². The molecule has 4 nitrogen and oxygen atoms in total. The van der Waals surface area contributed by atoms with Gasteiger partial charge in [0.1, 0.15) is 0 Å². The fourth-order valence-electron chi connectivity index (χ4n) is 1.43. The molecule has 1 rings (SSSR count). The Balaban J connectivity index is 3.50. The highest BCUT2D eigenvalue weighted by molar-refractivity contribution is 9.15. The van der Waals surface area contributed by atoms with E-state index in [1.807, 2.05) is 0 Å². The highest BCUT2D eigenvalue weighted by Crippen LogP contribution is 2.43. The summed E-state index contributed by atoms with van der Waals surface area (Å²) in [6.45, 7) is 0. The van der Waals surface area contributed by atoms with Crippen LogP contribution in [0.5, 0.6) is 0 Å². The second-order valence-corrected chi connectivity index (χ2v) is 6.97. The maximum absolute atomic E-state index is 11.3. The van der Waals surface area contributed by atoms with E-state index in [9.17, 15) is 9.59 Å². The number of carbonyl (C=O) groups excluding carboxylic acids is 2. The third-order valence-electron chi connectivity index (χ3n) is 2.52. The summed E-state index contributed by atoms with van der Waals surface area (Å²) in [4.78, 5) is 22.6. The van der Waals surface area contributed by atoms with Gasteiger partial charge in [0, 0.05) is 30.0 Å². The number of esters is 2. The van der Waals surface area contributed by atoms with Gasteiger partial charge in [-0.1, -0.05) is 0 Å². The average Bonchev–Trinajstić information content (AvgIpc) is 2.53. The van der Waals surface area contributed by atoms with Crippen molar-refractivity contribution < 1.29 is 19.1 Å². The van der Waals surface area contributed by atoms with E-state index in [2.05, 4.69) is 73.2 Å². The second kappa shape index (κ2) is 9.00. The Kier molecular flexibility index (Phi) is 8.02. The Labute approximate surface area is 161 Å². The molecule has 8 heteroatoms. The van der Waals surface area contributed by atoms with Crippen molar-refractivity contribution in [3.05, 3.63) is 41.2 Å². The molecule has 0 saturated heterocycles. The first-order chi connectivity index (χ1) is 10.3. The topological polar surface area (TPSA) is 52.6 Å². The van der Waals surface area contributed by atoms with Crippen LogP contribution in [-0.4, -0.2) is 26.2 Å². The predicted molar refractivity (Wildman–Crippen MR) is 99.3 cm³/mol. The van der Waals surface area contributed by atoms with E-state index in [4.69, 9.17) is 0 Å². The molecule has 1 aromatic carbocycles. The van der Waals surface area contributed by atoms with Crippen molar-refractivity contribution in [3.63, 3.8) is 0 Å². The van der Waals surface area contributed by atoms with Crippen LogP contribution >= 0.6 is 63.7 Å². The Morgan fingerprint density at radius 2 is 1.05 bits per heavy atom. The second-order valence-electron chi connectivity index (χ2n) is 3.80. The summed E-state index contributed by atoms with van der Waals surface area (Å²) in [5.41, 5.74) is 1.38. The quantitative estimate of drug-likeness (QED) is 0.222. The van der Waals surface area contributed by atoms with Crippen LogP contribution in [0.3, 0.4) is 0 Å². The van der Waals surface area contributed by atoms with Gasteiger partial charge in [-0.25, -0.2) is 9.59 Å². The van der Waals surface area contributed by atoms with Crippen LogP contribution in [-0.2, 0) is 19.1 Å². The summed E-state index contributed by atoms with van der Waals surface area (Å²) in [5, 5.41) is 0. The standard InChI is InChI=1S/C14H10Br4O4/c1-21-9(19)5-3-7-8(4-6-10(20)22-2)12(16)14(18)13(17)11(7)15/h3-6H,1-2H3. The molecule has 22 heavy (non-hydrogen) atoms. The number of halogens is 4. The lowest BCUT2D eigenvalue weighted by atomic mass is 10.1. The van der Waals surface area contributed by atoms with Gasteiger partial charge in [0.25, 0.3) is 0 Å². The summed E-state index contributed by atoms with van der Waals surface area (Å²) in [6.07, 6.45) is 5.77. The summed E-state index contributed by atoms with van der Waals surface area (Å²) < 4.78 is 12.1. The number of rotatable bonds is 4. The van der Waals surface area contributed by atoms with E-state index in [1.165, 1.54) is 26.4 Å². The molecule has 0 amide bonds. The number of ether oxygens (including phenoxy) is 2. The molecule has 0 spiro atoms. The van der Waals surface area contributed by atoms with Crippen LogP contribution < -0.4 is 0 Å². The highest BCUT2D eigenvalue weighted by Gasteiger charge is 2.16. The highest BCUT2D eigenvalue weighted by atomic mass is 79.9. The first-order valence-electron chi connectivity index (χ1n) is 5.71. The van der Waals surface area contributed by atoms with Gasteiger partial charge in [0.05, 0.1) is 14.2 Å². The SMILES string of the molecule is COC(=O)C=Cc1c(Br)c(Br)c(Br)c(Br)c1C=CC(=O)OC. The molecule has 0 N–H and O–H groups in total. The van der Waals surface area contributed by atoms with Crippen molar-refractivity contribution in [2.24, 2.45) is 0 Å². The van der Waals surface area contributed by atoms with E-state index in [0.29, 0.717) is 20.1 Å². The molecule has 118 valence electrons. The van der Waals surface area contributed by atoms with Crippen LogP contribution in [0.25, 0.3) is 12.2 Å². The number of carbonyl (C=O) groups is 2. The third kappa shape index (κ3) is 4.78. The maximum atomic E-state index is 11.3. The van der Waals surface area contributed by atoms with Crippen LogP contribution in [0.1, 0.15) is 11.1 Å². The van der Waals surface area contributed by atoms with E-state index >= 15 is 0 Å². The van der Waals surface area contributed by atoms with Gasteiger partial charge in [0.2, 0.25) is 0 Å². The number of hydrogen-bond acceptors (Lipinski definition) is 4. The normalized spacial score (nSPS) is 11.2. The van der Waals surface area contributed by atoms with Gasteiger partial charge in [-0.3, -0.25) is 0 Å². The van der Waals surface area contributed by atoms with Crippen molar-refractivity contribution in [2.75, 3.05) is 14.2 Å². The third-order valence-corrected chi connectivity index (χ3v) is 7.35. The Morgan fingerprint density at radius 1 is 0.727 bits per heavy atom. The molecule has 0 atom stereocenters. The molecule has 0 heterocycles. The maximum Gasteiger partial charge on any atom is 0.330 e. The molecule has 0 aliphatic rings. The van der Waals surface area contributed by atoms with Crippen molar-refractivity contribution in [3.8, 4) is 0 Å². The lowest BCUT2D eigenvalue weighted by Gasteiger charge is -2.12. The summed E-state index contributed by atoms with van der Waals surface area (Å²) in [7, 11) is 2.60. The zero-order chi connectivity index (χ0) is 16.9. The molecule has 0 saturated carbocycles. The summed E-state index contributed by atoms with van der Waals surface area (Å²) in [5.74, 6) is -0.963. The van der Waals surface area contributed by atoms with E-state index in [-0.39, 0.29) is 0 Å². The Bertz CT molecular complexity index is 609. The van der Waals surface area contributed by atoms with Gasteiger partial charge in [0.15, 0.2) is 0 Å². The lowest BCUT2D eigenvalue weighted by Crippen LogP contribution is -1.97. The zero-order valence-corrected chi connectivity index (χ0v) is 17.8. The molecule has 0 unspecified atom stereocenters. The van der Waals surface area contributed by atoms with Crippen molar-refractivity contribution >= 4 is 87.8 Å². The number of benzene rings is 1. The molecular formula is C14H10Br4O4. The molecule has 0 bridgehead atoms. The fraction of sp³-hybridized carbons (Fsp3) is 0.143. The van der Waals surface area contributed by atoms with Crippen molar-refractivity contribution in [2.45, 2.75) is 0 Å². The van der Waals surface area contributed by atoms with Crippen LogP contribution in [0, 0.1) is 0 Å². The summed E-state index contributed by atoms with van der Waals surface area (Å²) >= 11 is 13.8. The predicted octanol–water partition coefficient (Wildman–Crippen LogP) is 5.11. The first kappa shape index (κ1) is 19.6. The molecule has 0 aliphatic heterocycles. The Morgan fingerprint density at radius 3 is 1.32 bits per heavy atom. The minimum absolute atomic E-state index is 0.482. The van der Waals surface area contributed by atoms with Crippen molar-refractivity contribution in [1.29, 1.82) is 0 Å². The monoisotopic (exact) mass is 558 g/mol. The molecule has 0 aromatic heterocycles. The van der Waals surface area contributed by atoms with Crippen molar-refractivity contribution in [1.82, 2.24) is 0 Å². The van der Waals surface area contributed by atoms with Crippen LogP contribution in [0.15, 0.2) is 30.0 Å². The minimum Gasteiger partial charge on any atom is -0.466 e. The van der Waals surface area contributed by atoms with Crippen LogP contribution in [0.4, 0.5) is 0 Å². The first-order valence-corrected chi connectivity index (χ1v) is 8.88. The zero-order valence-electron chi connectivity index (χ0n) is 11.5.